The van der Waals surface area contributed by atoms with Crippen LogP contribution in [0.2, 0.25) is 0 Å². The van der Waals surface area contributed by atoms with Crippen LogP contribution < -0.4 is 5.32 Å². The topological polar surface area (TPSA) is 38.3 Å². The summed E-state index contributed by atoms with van der Waals surface area (Å²) in [5.41, 5.74) is 3.35. The molecule has 0 saturated carbocycles. The quantitative estimate of drug-likeness (QED) is 0.733. The molecule has 1 atom stereocenters. The van der Waals surface area contributed by atoms with E-state index >= 15 is 0 Å². The molecule has 1 amide bonds. The van der Waals surface area contributed by atoms with E-state index in [1.165, 1.54) is 18.4 Å². The van der Waals surface area contributed by atoms with E-state index in [4.69, 9.17) is 4.74 Å². The van der Waals surface area contributed by atoms with Gasteiger partial charge in [0.1, 0.15) is 6.54 Å². The summed E-state index contributed by atoms with van der Waals surface area (Å²) in [6, 6.07) is 10.5. The van der Waals surface area contributed by atoms with Crippen molar-refractivity contribution in [1.82, 2.24) is 0 Å². The number of carbonyl (C=O) groups excluding carboxylic acids is 1. The van der Waals surface area contributed by atoms with E-state index < -0.39 is 0 Å². The molecule has 1 aliphatic heterocycles. The van der Waals surface area contributed by atoms with Gasteiger partial charge in [-0.05, 0) is 24.8 Å². The second kappa shape index (κ2) is 8.33. The predicted octanol–water partition coefficient (Wildman–Crippen LogP) is 4.34. The zero-order valence-electron chi connectivity index (χ0n) is 16.0. The lowest BCUT2D eigenvalue weighted by molar-refractivity contribution is -0.942. The van der Waals surface area contributed by atoms with Gasteiger partial charge >= 0.3 is 0 Å². The van der Waals surface area contributed by atoms with Crippen LogP contribution in [-0.2, 0) is 22.7 Å². The van der Waals surface area contributed by atoms with Crippen molar-refractivity contribution in [1.29, 1.82) is 0 Å². The highest BCUT2D eigenvalue weighted by Gasteiger charge is 2.41. The molecule has 5 heteroatoms. The molecule has 3 rings (SSSR count). The minimum absolute atomic E-state index is 0.0765. The molecule has 0 spiro atoms. The van der Waals surface area contributed by atoms with Gasteiger partial charge in [0.05, 0.1) is 30.3 Å². The summed E-state index contributed by atoms with van der Waals surface area (Å²) in [6.45, 7) is 7.71. The van der Waals surface area contributed by atoms with Crippen LogP contribution in [-0.4, -0.2) is 36.6 Å². The summed E-state index contributed by atoms with van der Waals surface area (Å²) in [4.78, 5) is 14.2. The lowest BCUT2D eigenvalue weighted by Gasteiger charge is -2.39. The van der Waals surface area contributed by atoms with Crippen molar-refractivity contribution in [2.45, 2.75) is 45.9 Å². The number of nitrogens with one attached hydrogen (secondary N) is 1. The van der Waals surface area contributed by atoms with Crippen LogP contribution in [0.3, 0.4) is 0 Å². The smallest absolute Gasteiger partial charge is 0.282 e. The fourth-order valence-electron chi connectivity index (χ4n) is 3.97. The van der Waals surface area contributed by atoms with Crippen molar-refractivity contribution >= 4 is 22.9 Å². The maximum absolute atomic E-state index is 13.1. The summed E-state index contributed by atoms with van der Waals surface area (Å²) in [5.74, 6) is 0.113. The molecule has 140 valence electrons. The number of amides is 1. The number of anilines is 1. The van der Waals surface area contributed by atoms with Crippen LogP contribution in [0, 0.1) is 6.92 Å². The molecule has 0 bridgehead atoms. The highest BCUT2D eigenvalue weighted by atomic mass is 32.1. The molecule has 1 aromatic carbocycles. The highest BCUT2D eigenvalue weighted by molar-refractivity contribution is 7.10. The molecular weight excluding hydrogens is 344 g/mol. The van der Waals surface area contributed by atoms with Crippen LogP contribution in [0.25, 0.3) is 0 Å². The van der Waals surface area contributed by atoms with Gasteiger partial charge < -0.3 is 14.5 Å². The maximum atomic E-state index is 13.1. The Labute approximate surface area is 160 Å². The second-order valence-corrected chi connectivity index (χ2v) is 8.30. The van der Waals surface area contributed by atoms with E-state index in [0.717, 1.165) is 40.2 Å². The van der Waals surface area contributed by atoms with Gasteiger partial charge in [-0.15, -0.1) is 11.3 Å². The van der Waals surface area contributed by atoms with Crippen LogP contribution in [0.4, 0.5) is 5.69 Å². The molecule has 2 aromatic rings. The fourth-order valence-corrected chi connectivity index (χ4v) is 4.93. The van der Waals surface area contributed by atoms with Crippen molar-refractivity contribution in [3.8, 4) is 0 Å². The minimum Gasteiger partial charge on any atom is -0.379 e. The average Bonchev–Trinajstić information content (AvgIpc) is 3.25. The Balaban J connectivity index is 1.78. The van der Waals surface area contributed by atoms with Crippen molar-refractivity contribution < 1.29 is 14.0 Å². The molecule has 1 aromatic heterocycles. The summed E-state index contributed by atoms with van der Waals surface area (Å²) in [7, 11) is 1.69. The largest absolute Gasteiger partial charge is 0.379 e. The third-order valence-electron chi connectivity index (χ3n) is 5.57. The van der Waals surface area contributed by atoms with E-state index in [-0.39, 0.29) is 11.9 Å². The Morgan fingerprint density at radius 1 is 1.27 bits per heavy atom. The number of methoxy groups -OCH3 is 1. The van der Waals surface area contributed by atoms with Gasteiger partial charge in [-0.25, -0.2) is 0 Å². The molecule has 1 N–H and O–H groups in total. The second-order valence-electron chi connectivity index (χ2n) is 7.33. The maximum Gasteiger partial charge on any atom is 0.282 e. The van der Waals surface area contributed by atoms with Crippen LogP contribution >= 0.6 is 11.3 Å². The fraction of sp³-hybridized carbons (Fsp3) is 0.476. The van der Waals surface area contributed by atoms with Crippen LogP contribution in [0.5, 0.6) is 0 Å². The zero-order valence-corrected chi connectivity index (χ0v) is 16.8. The predicted molar refractivity (Wildman–Crippen MR) is 107 cm³/mol. The number of thiophene rings is 1. The molecule has 1 unspecified atom stereocenters. The van der Waals surface area contributed by atoms with Gasteiger partial charge in [0.2, 0.25) is 0 Å². The van der Waals surface area contributed by atoms with Crippen molar-refractivity contribution in [3.63, 3.8) is 0 Å². The van der Waals surface area contributed by atoms with E-state index in [9.17, 15) is 4.79 Å². The number of hydrogen-bond acceptors (Lipinski definition) is 3. The van der Waals surface area contributed by atoms with E-state index in [1.54, 1.807) is 18.4 Å². The average molecular weight is 374 g/mol. The first-order valence-electron chi connectivity index (χ1n) is 9.32. The monoisotopic (exact) mass is 373 g/mol. The van der Waals surface area contributed by atoms with E-state index in [1.807, 2.05) is 13.0 Å². The summed E-state index contributed by atoms with van der Waals surface area (Å²) in [6.07, 6.45) is 2.38. The summed E-state index contributed by atoms with van der Waals surface area (Å²) in [5, 5.41) is 5.29. The van der Waals surface area contributed by atoms with E-state index in [0.29, 0.717) is 6.61 Å². The van der Waals surface area contributed by atoms with Crippen molar-refractivity contribution in [3.05, 3.63) is 51.7 Å². The van der Waals surface area contributed by atoms with Gasteiger partial charge in [0.25, 0.3) is 5.91 Å². The third-order valence-corrected chi connectivity index (χ3v) is 6.65. The molecule has 4 nitrogen and oxygen atoms in total. The summed E-state index contributed by atoms with van der Waals surface area (Å²) < 4.78 is 6.12. The van der Waals surface area contributed by atoms with Crippen LogP contribution in [0.1, 0.15) is 35.8 Å². The van der Waals surface area contributed by atoms with Crippen molar-refractivity contribution in [2.75, 3.05) is 25.5 Å². The number of ether oxygens (including phenoxy) is 1. The number of carbonyl (C=O) groups is 1. The molecule has 1 aliphatic rings. The molecule has 2 heterocycles. The lowest BCUT2D eigenvalue weighted by atomic mass is 10.1. The Kier molecular flexibility index (Phi) is 6.12. The van der Waals surface area contributed by atoms with Gasteiger partial charge in [0, 0.05) is 25.5 Å². The van der Waals surface area contributed by atoms with Crippen LogP contribution in [0.15, 0.2) is 35.7 Å². The molecule has 0 aliphatic carbocycles. The third kappa shape index (κ3) is 4.00. The molecule has 26 heavy (non-hydrogen) atoms. The standard InChI is InChI=1S/C21H28N2O2S/c1-16-15-26-19(14-25-3)20(16)22-21(24)17(2)23(11-7-8-12-23)13-18-9-5-4-6-10-18/h4-6,9-10,15,17H,7-8,11-14H2,1-3H3/p+1. The number of hydrogen-bond donors (Lipinski definition) is 1. The van der Waals surface area contributed by atoms with Crippen molar-refractivity contribution in [2.24, 2.45) is 0 Å². The number of likely N-dealkylation sites (tertiary alicyclic amines) is 1. The number of quaternary nitrogens is 1. The Morgan fingerprint density at radius 2 is 1.96 bits per heavy atom. The summed E-state index contributed by atoms with van der Waals surface area (Å²) >= 11 is 1.64. The van der Waals surface area contributed by atoms with Gasteiger partial charge in [0.15, 0.2) is 6.04 Å². The number of aryl methyl sites for hydroxylation is 1. The Hall–Kier alpha value is -1.69. The lowest BCUT2D eigenvalue weighted by Crippen LogP contribution is -2.56. The minimum atomic E-state index is -0.0765. The molecule has 1 saturated heterocycles. The number of rotatable bonds is 7. The first-order chi connectivity index (χ1) is 12.6. The normalized spacial score (nSPS) is 17.2. The Morgan fingerprint density at radius 3 is 2.62 bits per heavy atom. The molecular formula is C21H29N2O2S+. The molecule has 0 radical (unpaired) electrons. The van der Waals surface area contributed by atoms with Gasteiger partial charge in [-0.1, -0.05) is 30.3 Å². The SMILES string of the molecule is COCc1scc(C)c1NC(=O)C(C)[N+]1(Cc2ccccc2)CCCC1. The highest BCUT2D eigenvalue weighted by Crippen LogP contribution is 2.31. The van der Waals surface area contributed by atoms with E-state index in [2.05, 4.69) is 41.9 Å². The van der Waals surface area contributed by atoms with Gasteiger partial charge in [-0.2, -0.15) is 0 Å². The number of nitrogens with zero attached hydrogens (tertiary/aromatic N) is 1. The Bertz CT molecular complexity index is 736. The first-order valence-corrected chi connectivity index (χ1v) is 10.2. The molecule has 1 fully saturated rings. The number of benzene rings is 1. The first kappa shape index (κ1) is 19.1. The van der Waals surface area contributed by atoms with Gasteiger partial charge in [-0.3, -0.25) is 4.79 Å². The zero-order chi connectivity index (χ0) is 18.6.